The van der Waals surface area contributed by atoms with E-state index < -0.39 is 11.8 Å². The number of halogens is 1. The summed E-state index contributed by atoms with van der Waals surface area (Å²) in [6.45, 7) is 8.26. The van der Waals surface area contributed by atoms with Gasteiger partial charge in [-0.15, -0.1) is 0 Å². The van der Waals surface area contributed by atoms with Gasteiger partial charge in [0, 0.05) is 36.1 Å². The number of carbonyl (C=O) groups is 3. The van der Waals surface area contributed by atoms with Gasteiger partial charge in [0.25, 0.3) is 0 Å². The second-order valence-electron chi connectivity index (χ2n) is 7.04. The maximum atomic E-state index is 12.0. The van der Waals surface area contributed by atoms with E-state index in [1.54, 1.807) is 25.1 Å². The van der Waals surface area contributed by atoms with Crippen molar-refractivity contribution in [2.45, 2.75) is 26.7 Å². The molecule has 1 aliphatic heterocycles. The molecule has 1 heterocycles. The average Bonchev–Trinajstić information content (AvgIpc) is 2.73. The Labute approximate surface area is 181 Å². The van der Waals surface area contributed by atoms with E-state index in [1.807, 2.05) is 6.92 Å². The molecule has 1 aliphatic rings. The zero-order chi connectivity index (χ0) is 21.9. The molecule has 0 atom stereocenters. The zero-order valence-corrected chi connectivity index (χ0v) is 18.1. The lowest BCUT2D eigenvalue weighted by atomic mass is 10.2. The second-order valence-corrected chi connectivity index (χ2v) is 7.45. The Morgan fingerprint density at radius 3 is 2.63 bits per heavy atom. The summed E-state index contributed by atoms with van der Waals surface area (Å²) >= 11 is 5.99. The third kappa shape index (κ3) is 8.48. The quantitative estimate of drug-likeness (QED) is 0.246. The van der Waals surface area contributed by atoms with Crippen molar-refractivity contribution in [3.05, 3.63) is 28.8 Å². The summed E-state index contributed by atoms with van der Waals surface area (Å²) in [7, 11) is 0. The topological polar surface area (TPSA) is 112 Å². The van der Waals surface area contributed by atoms with E-state index in [0.29, 0.717) is 23.0 Å². The normalized spacial score (nSPS) is 14.8. The van der Waals surface area contributed by atoms with Crippen molar-refractivity contribution in [2.75, 3.05) is 44.7 Å². The van der Waals surface area contributed by atoms with E-state index in [1.165, 1.54) is 0 Å². The largest absolute Gasteiger partial charge is 0.379 e. The zero-order valence-electron chi connectivity index (χ0n) is 17.3. The van der Waals surface area contributed by atoms with Gasteiger partial charge in [0.05, 0.1) is 19.6 Å². The molecule has 3 N–H and O–H groups in total. The molecule has 2 rings (SSSR count). The van der Waals surface area contributed by atoms with Gasteiger partial charge in [0.15, 0.2) is 0 Å². The molecule has 0 radical (unpaired) electrons. The molecule has 1 aromatic rings. The molecule has 9 nitrogen and oxygen atoms in total. The minimum Gasteiger partial charge on any atom is -0.379 e. The molecule has 0 saturated carbocycles. The number of aryl methyl sites for hydroxylation is 1. The summed E-state index contributed by atoms with van der Waals surface area (Å²) in [5, 5.41) is 9.56. The van der Waals surface area contributed by atoms with Gasteiger partial charge in [0.2, 0.25) is 5.91 Å². The highest BCUT2D eigenvalue weighted by molar-refractivity contribution is 6.40. The first-order valence-electron chi connectivity index (χ1n) is 9.82. The Kier molecular flexibility index (Phi) is 9.72. The van der Waals surface area contributed by atoms with Gasteiger partial charge in [-0.05, 0) is 44.5 Å². The standard InChI is InChI=1S/C20H28ClN5O4/c1-14-4-5-16(13-17(14)21)23-19(28)20(29)25-24-15(2)12-18(27)22-6-3-7-26-8-10-30-11-9-26/h4-5,13H,3,6-12H2,1-2H3,(H,22,27)(H,23,28)(H,25,29). The van der Waals surface area contributed by atoms with Crippen LogP contribution in [0.2, 0.25) is 5.02 Å². The summed E-state index contributed by atoms with van der Waals surface area (Å²) in [6.07, 6.45) is 0.884. The average molecular weight is 438 g/mol. The molecular formula is C20H28ClN5O4. The number of rotatable bonds is 8. The van der Waals surface area contributed by atoms with E-state index in [-0.39, 0.29) is 12.3 Å². The van der Waals surface area contributed by atoms with Crippen LogP contribution in [0.3, 0.4) is 0 Å². The van der Waals surface area contributed by atoms with Crippen LogP contribution in [0.25, 0.3) is 0 Å². The van der Waals surface area contributed by atoms with Crippen LogP contribution in [-0.4, -0.2) is 67.7 Å². The molecule has 0 unspecified atom stereocenters. The van der Waals surface area contributed by atoms with E-state index in [0.717, 1.165) is 44.8 Å². The maximum absolute atomic E-state index is 12.0. The van der Waals surface area contributed by atoms with Crippen LogP contribution < -0.4 is 16.1 Å². The summed E-state index contributed by atoms with van der Waals surface area (Å²) in [5.74, 6) is -2.00. The Morgan fingerprint density at radius 1 is 1.20 bits per heavy atom. The second kappa shape index (κ2) is 12.3. The fourth-order valence-electron chi connectivity index (χ4n) is 2.75. The number of hydrazone groups is 1. The number of hydrogen-bond donors (Lipinski definition) is 3. The lowest BCUT2D eigenvalue weighted by Crippen LogP contribution is -2.38. The number of amides is 3. The lowest BCUT2D eigenvalue weighted by Gasteiger charge is -2.26. The van der Waals surface area contributed by atoms with Crippen molar-refractivity contribution in [1.29, 1.82) is 0 Å². The Balaban J connectivity index is 1.66. The number of benzene rings is 1. The van der Waals surface area contributed by atoms with Crippen LogP contribution in [-0.2, 0) is 19.1 Å². The molecule has 1 fully saturated rings. The van der Waals surface area contributed by atoms with Gasteiger partial charge < -0.3 is 15.4 Å². The number of carbonyl (C=O) groups excluding carboxylic acids is 3. The van der Waals surface area contributed by atoms with Crippen LogP contribution in [0.1, 0.15) is 25.3 Å². The highest BCUT2D eigenvalue weighted by Crippen LogP contribution is 2.19. The Hall–Kier alpha value is -2.49. The molecular weight excluding hydrogens is 410 g/mol. The number of nitrogens with one attached hydrogen (secondary N) is 3. The maximum Gasteiger partial charge on any atom is 0.329 e. The van der Waals surface area contributed by atoms with E-state index in [9.17, 15) is 14.4 Å². The molecule has 0 aromatic heterocycles. The highest BCUT2D eigenvalue weighted by Gasteiger charge is 2.14. The number of morpholine rings is 1. The number of ether oxygens (including phenoxy) is 1. The van der Waals surface area contributed by atoms with Crippen molar-refractivity contribution in [1.82, 2.24) is 15.6 Å². The predicted molar refractivity (Wildman–Crippen MR) is 116 cm³/mol. The van der Waals surface area contributed by atoms with Gasteiger partial charge >= 0.3 is 11.8 Å². The fraction of sp³-hybridized carbons (Fsp3) is 0.500. The molecule has 164 valence electrons. The fourth-order valence-corrected chi connectivity index (χ4v) is 2.93. The van der Waals surface area contributed by atoms with Crippen molar-refractivity contribution in [2.24, 2.45) is 5.10 Å². The molecule has 1 saturated heterocycles. The third-order valence-electron chi connectivity index (χ3n) is 4.48. The summed E-state index contributed by atoms with van der Waals surface area (Å²) in [4.78, 5) is 38.0. The van der Waals surface area contributed by atoms with Crippen LogP contribution in [0.5, 0.6) is 0 Å². The minimum absolute atomic E-state index is 0.0347. The monoisotopic (exact) mass is 437 g/mol. The van der Waals surface area contributed by atoms with E-state index in [4.69, 9.17) is 16.3 Å². The highest BCUT2D eigenvalue weighted by atomic mass is 35.5. The van der Waals surface area contributed by atoms with Crippen molar-refractivity contribution in [3.8, 4) is 0 Å². The van der Waals surface area contributed by atoms with Gasteiger partial charge in [-0.1, -0.05) is 17.7 Å². The first-order chi connectivity index (χ1) is 14.3. The van der Waals surface area contributed by atoms with Gasteiger partial charge in [0.1, 0.15) is 0 Å². The number of nitrogens with zero attached hydrogens (tertiary/aromatic N) is 2. The molecule has 0 aliphatic carbocycles. The Bertz CT molecular complexity index is 793. The predicted octanol–water partition coefficient (Wildman–Crippen LogP) is 1.31. The van der Waals surface area contributed by atoms with Gasteiger partial charge in [-0.25, -0.2) is 5.43 Å². The summed E-state index contributed by atoms with van der Waals surface area (Å²) < 4.78 is 5.30. The molecule has 30 heavy (non-hydrogen) atoms. The molecule has 0 spiro atoms. The van der Waals surface area contributed by atoms with Gasteiger partial charge in [-0.3, -0.25) is 19.3 Å². The van der Waals surface area contributed by atoms with Crippen molar-refractivity contribution < 1.29 is 19.1 Å². The summed E-state index contributed by atoms with van der Waals surface area (Å²) in [6, 6.07) is 4.93. The van der Waals surface area contributed by atoms with Crippen LogP contribution in [0.4, 0.5) is 5.69 Å². The van der Waals surface area contributed by atoms with E-state index >= 15 is 0 Å². The SMILES string of the molecule is CC(CC(=O)NCCCN1CCOCC1)=NNC(=O)C(=O)Nc1ccc(C)c(Cl)c1. The molecule has 3 amide bonds. The molecule has 10 heteroatoms. The van der Waals surface area contributed by atoms with Crippen LogP contribution in [0.15, 0.2) is 23.3 Å². The molecule has 1 aromatic carbocycles. The number of hydrogen-bond acceptors (Lipinski definition) is 6. The first-order valence-corrected chi connectivity index (χ1v) is 10.2. The third-order valence-corrected chi connectivity index (χ3v) is 4.88. The first kappa shape index (κ1) is 23.8. The van der Waals surface area contributed by atoms with Crippen molar-refractivity contribution >= 4 is 40.7 Å². The Morgan fingerprint density at radius 2 is 1.93 bits per heavy atom. The van der Waals surface area contributed by atoms with Crippen LogP contribution >= 0.6 is 11.6 Å². The van der Waals surface area contributed by atoms with Gasteiger partial charge in [-0.2, -0.15) is 5.10 Å². The lowest BCUT2D eigenvalue weighted by molar-refractivity contribution is -0.136. The minimum atomic E-state index is -0.933. The number of anilines is 1. The van der Waals surface area contributed by atoms with E-state index in [2.05, 4.69) is 26.1 Å². The smallest absolute Gasteiger partial charge is 0.329 e. The van der Waals surface area contributed by atoms with Crippen LogP contribution in [0, 0.1) is 6.92 Å². The summed E-state index contributed by atoms with van der Waals surface area (Å²) in [5.41, 5.74) is 3.80. The van der Waals surface area contributed by atoms with Crippen molar-refractivity contribution in [3.63, 3.8) is 0 Å². The molecule has 0 bridgehead atoms.